The van der Waals surface area contributed by atoms with Gasteiger partial charge in [0.1, 0.15) is 0 Å². The van der Waals surface area contributed by atoms with Gasteiger partial charge in [0.25, 0.3) is 0 Å². The Morgan fingerprint density at radius 2 is 2.18 bits per heavy atom. The first kappa shape index (κ1) is 11.5. The summed E-state index contributed by atoms with van der Waals surface area (Å²) in [6.45, 7) is 4.64. The predicted molar refractivity (Wildman–Crippen MR) is 52.9 cm³/mol. The van der Waals surface area contributed by atoms with Gasteiger partial charge < -0.3 is 0 Å². The summed E-state index contributed by atoms with van der Waals surface area (Å²) < 4.78 is 0. The molecule has 68 valence electrons. The second-order valence-corrected chi connectivity index (χ2v) is 3.24. The van der Waals surface area contributed by atoms with Gasteiger partial charge in [-0.2, -0.15) is 0 Å². The molecule has 0 bridgehead atoms. The summed E-state index contributed by atoms with van der Waals surface area (Å²) in [5.41, 5.74) is 0. The van der Waals surface area contributed by atoms with Gasteiger partial charge in [0, 0.05) is 11.9 Å². The molecule has 1 unspecified atom stereocenters. The van der Waals surface area contributed by atoms with Crippen LogP contribution in [0.5, 0.6) is 0 Å². The van der Waals surface area contributed by atoms with Crippen molar-refractivity contribution in [3.05, 3.63) is 0 Å². The number of likely N-dealkylation sites (tertiary alicyclic amines) is 1. The maximum absolute atomic E-state index is 5.81. The molecule has 1 nitrogen and oxygen atoms in total. The predicted octanol–water partition coefficient (Wildman–Crippen LogP) is 2.52. The van der Waals surface area contributed by atoms with Gasteiger partial charge in [0.2, 0.25) is 0 Å². The highest BCUT2D eigenvalue weighted by Crippen LogP contribution is 2.16. The average molecular weight is 198 g/mol. The second-order valence-electron chi connectivity index (χ2n) is 2.93. The van der Waals surface area contributed by atoms with E-state index >= 15 is 0 Å². The van der Waals surface area contributed by atoms with Crippen molar-refractivity contribution in [1.82, 2.24) is 4.90 Å². The quantitative estimate of drug-likeness (QED) is 0.616. The molecule has 0 radical (unpaired) electrons. The highest BCUT2D eigenvalue weighted by atomic mass is 35.5. The van der Waals surface area contributed by atoms with Gasteiger partial charge in [0.15, 0.2) is 0 Å². The molecule has 0 saturated carbocycles. The number of piperidine rings is 1. The van der Waals surface area contributed by atoms with E-state index in [2.05, 4.69) is 11.8 Å². The summed E-state index contributed by atoms with van der Waals surface area (Å²) in [4.78, 5) is 2.48. The molecule has 0 aromatic heterocycles. The van der Waals surface area contributed by atoms with Crippen molar-refractivity contribution in [1.29, 1.82) is 0 Å². The molecule has 1 aliphatic rings. The lowest BCUT2D eigenvalue weighted by atomic mass is 10.0. The molecule has 1 aliphatic heterocycles. The molecule has 3 heteroatoms. The number of rotatable bonds is 2. The van der Waals surface area contributed by atoms with Gasteiger partial charge in [-0.05, 0) is 25.9 Å². The summed E-state index contributed by atoms with van der Waals surface area (Å²) in [7, 11) is 0. The molecule has 0 N–H and O–H groups in total. The first-order chi connectivity index (χ1) is 4.88. The number of alkyl halides is 1. The van der Waals surface area contributed by atoms with Crippen LogP contribution in [0.1, 0.15) is 26.2 Å². The third-order valence-electron chi connectivity index (χ3n) is 2.33. The Morgan fingerprint density at radius 1 is 1.45 bits per heavy atom. The zero-order chi connectivity index (χ0) is 7.40. The monoisotopic (exact) mass is 197 g/mol. The van der Waals surface area contributed by atoms with Gasteiger partial charge in [-0.25, -0.2) is 0 Å². The maximum Gasteiger partial charge on any atom is 0.0379 e. The summed E-state index contributed by atoms with van der Waals surface area (Å²) in [6, 6.07) is 0.667. The standard InChI is InChI=1S/C8H16ClN.ClH/c1-2-10-6-4-3-5-8(10)7-9;/h8H,2-7H2,1H3;1H. The minimum Gasteiger partial charge on any atom is -0.299 e. The lowest BCUT2D eigenvalue weighted by Crippen LogP contribution is -2.40. The van der Waals surface area contributed by atoms with E-state index in [0.717, 1.165) is 12.4 Å². The molecule has 0 spiro atoms. The van der Waals surface area contributed by atoms with Crippen molar-refractivity contribution < 1.29 is 0 Å². The van der Waals surface area contributed by atoms with Crippen LogP contribution < -0.4 is 0 Å². The van der Waals surface area contributed by atoms with Crippen molar-refractivity contribution >= 4 is 24.0 Å². The van der Waals surface area contributed by atoms with Crippen LogP contribution in [0, 0.1) is 0 Å². The summed E-state index contributed by atoms with van der Waals surface area (Å²) in [5.74, 6) is 0.813. The van der Waals surface area contributed by atoms with Crippen molar-refractivity contribution in [2.45, 2.75) is 32.2 Å². The zero-order valence-electron chi connectivity index (χ0n) is 7.05. The third kappa shape index (κ3) is 3.18. The van der Waals surface area contributed by atoms with Gasteiger partial charge in [0.05, 0.1) is 0 Å². The summed E-state index contributed by atoms with van der Waals surface area (Å²) in [6.07, 6.45) is 4.03. The Morgan fingerprint density at radius 3 is 2.64 bits per heavy atom. The normalized spacial score (nSPS) is 26.2. The Bertz CT molecular complexity index is 86.1. The highest BCUT2D eigenvalue weighted by Gasteiger charge is 2.18. The van der Waals surface area contributed by atoms with Crippen molar-refractivity contribution in [3.63, 3.8) is 0 Å². The Hall–Kier alpha value is 0.540. The molecular formula is C8H17Cl2N. The fraction of sp³-hybridized carbons (Fsp3) is 1.00. The lowest BCUT2D eigenvalue weighted by Gasteiger charge is -2.33. The van der Waals surface area contributed by atoms with Crippen LogP contribution in [-0.4, -0.2) is 29.9 Å². The first-order valence-corrected chi connectivity index (χ1v) is 4.72. The van der Waals surface area contributed by atoms with Crippen molar-refractivity contribution in [2.75, 3.05) is 19.0 Å². The Labute approximate surface area is 80.5 Å². The van der Waals surface area contributed by atoms with E-state index in [1.54, 1.807) is 0 Å². The number of halogens is 2. The molecule has 1 atom stereocenters. The number of hydrogen-bond donors (Lipinski definition) is 0. The van der Waals surface area contributed by atoms with Crippen LogP contribution in [0.4, 0.5) is 0 Å². The fourth-order valence-corrected chi connectivity index (χ4v) is 2.00. The second kappa shape index (κ2) is 6.10. The van der Waals surface area contributed by atoms with Gasteiger partial charge >= 0.3 is 0 Å². The molecule has 11 heavy (non-hydrogen) atoms. The smallest absolute Gasteiger partial charge is 0.0379 e. The molecule has 0 aliphatic carbocycles. The molecule has 1 saturated heterocycles. The van der Waals surface area contributed by atoms with Crippen LogP contribution in [0.2, 0.25) is 0 Å². The maximum atomic E-state index is 5.81. The number of nitrogens with zero attached hydrogens (tertiary/aromatic N) is 1. The van der Waals surface area contributed by atoms with Crippen LogP contribution >= 0.6 is 24.0 Å². The van der Waals surface area contributed by atoms with E-state index in [1.807, 2.05) is 0 Å². The molecule has 0 amide bonds. The van der Waals surface area contributed by atoms with Crippen LogP contribution in [0.25, 0.3) is 0 Å². The largest absolute Gasteiger partial charge is 0.299 e. The summed E-state index contributed by atoms with van der Waals surface area (Å²) in [5, 5.41) is 0. The SMILES string of the molecule is CCN1CCCCC1CCl.Cl. The Balaban J connectivity index is 0.000001000. The van der Waals surface area contributed by atoms with Gasteiger partial charge in [-0.3, -0.25) is 4.90 Å². The number of hydrogen-bond acceptors (Lipinski definition) is 1. The molecule has 0 aromatic carbocycles. The lowest BCUT2D eigenvalue weighted by molar-refractivity contribution is 0.172. The van der Waals surface area contributed by atoms with E-state index in [1.165, 1.54) is 25.8 Å². The minimum atomic E-state index is 0. The minimum absolute atomic E-state index is 0. The van der Waals surface area contributed by atoms with Crippen molar-refractivity contribution in [3.8, 4) is 0 Å². The van der Waals surface area contributed by atoms with Gasteiger partial charge in [-0.1, -0.05) is 13.3 Å². The molecule has 1 heterocycles. The average Bonchev–Trinajstić information content (AvgIpc) is 2.04. The fourth-order valence-electron chi connectivity index (χ4n) is 1.65. The first-order valence-electron chi connectivity index (χ1n) is 4.18. The van der Waals surface area contributed by atoms with E-state index in [0.29, 0.717) is 6.04 Å². The zero-order valence-corrected chi connectivity index (χ0v) is 8.63. The molecule has 1 rings (SSSR count). The van der Waals surface area contributed by atoms with Crippen molar-refractivity contribution in [2.24, 2.45) is 0 Å². The van der Waals surface area contributed by atoms with Gasteiger partial charge in [-0.15, -0.1) is 24.0 Å². The highest BCUT2D eigenvalue weighted by molar-refractivity contribution is 6.18. The third-order valence-corrected chi connectivity index (χ3v) is 2.69. The van der Waals surface area contributed by atoms with Crippen LogP contribution in [-0.2, 0) is 0 Å². The van der Waals surface area contributed by atoms with Crippen LogP contribution in [0.3, 0.4) is 0 Å². The molecular weight excluding hydrogens is 181 g/mol. The Kier molecular flexibility index (Phi) is 6.40. The molecule has 1 fully saturated rings. The van der Waals surface area contributed by atoms with E-state index < -0.39 is 0 Å². The summed E-state index contributed by atoms with van der Waals surface area (Å²) >= 11 is 5.81. The topological polar surface area (TPSA) is 3.24 Å². The van der Waals surface area contributed by atoms with Crippen LogP contribution in [0.15, 0.2) is 0 Å². The van der Waals surface area contributed by atoms with E-state index in [9.17, 15) is 0 Å². The molecule has 0 aromatic rings. The van der Waals surface area contributed by atoms with E-state index in [-0.39, 0.29) is 12.4 Å². The van der Waals surface area contributed by atoms with E-state index in [4.69, 9.17) is 11.6 Å².